The van der Waals surface area contributed by atoms with Crippen molar-refractivity contribution in [3.8, 4) is 0 Å². The number of hydrogen-bond donors (Lipinski definition) is 0. The fraction of sp³-hybridized carbons (Fsp3) is 0.467. The standard InChI is InChI=1S/C15H20N3O4P/c1-3-21-23(20,22-4-2)14(17-16)15(19)18-11-7-9-12-8-5-6-10-13(12)18/h5-6,8,10H,3-4,7,9,11H2,1-2H3. The number of nitrogens with zero attached hydrogens (tertiary/aromatic N) is 3. The number of para-hydroxylation sites is 1. The van der Waals surface area contributed by atoms with Crippen molar-refractivity contribution in [3.05, 3.63) is 35.4 Å². The van der Waals surface area contributed by atoms with Crippen molar-refractivity contribution in [2.24, 2.45) is 0 Å². The molecule has 124 valence electrons. The summed E-state index contributed by atoms with van der Waals surface area (Å²) < 4.78 is 23.0. The normalized spacial score (nSPS) is 14.1. The third-order valence-electron chi connectivity index (χ3n) is 3.50. The van der Waals surface area contributed by atoms with E-state index in [0.29, 0.717) is 6.54 Å². The second kappa shape index (κ2) is 7.66. The van der Waals surface area contributed by atoms with E-state index < -0.39 is 19.0 Å². The molecular weight excluding hydrogens is 317 g/mol. The lowest BCUT2D eigenvalue weighted by molar-refractivity contribution is -0.116. The highest BCUT2D eigenvalue weighted by Crippen LogP contribution is 2.49. The molecule has 0 saturated heterocycles. The lowest BCUT2D eigenvalue weighted by Crippen LogP contribution is -2.40. The molecule has 0 bridgehead atoms. The molecule has 0 aliphatic carbocycles. The Labute approximate surface area is 135 Å². The molecule has 1 amide bonds. The first kappa shape index (κ1) is 17.6. The Balaban J connectivity index is 2.39. The monoisotopic (exact) mass is 337 g/mol. The summed E-state index contributed by atoms with van der Waals surface area (Å²) in [6.07, 6.45) is 1.63. The van der Waals surface area contributed by atoms with Gasteiger partial charge in [-0.3, -0.25) is 4.79 Å². The molecule has 8 heteroatoms. The number of anilines is 1. The van der Waals surface area contributed by atoms with Crippen molar-refractivity contribution in [1.82, 2.24) is 0 Å². The maximum Gasteiger partial charge on any atom is 0.465 e. The number of hydrogen-bond acceptors (Lipinski definition) is 4. The zero-order chi connectivity index (χ0) is 16.9. The van der Waals surface area contributed by atoms with Gasteiger partial charge in [-0.15, -0.1) is 0 Å². The first-order valence-electron chi connectivity index (χ1n) is 7.58. The van der Waals surface area contributed by atoms with E-state index in [0.717, 1.165) is 24.1 Å². The van der Waals surface area contributed by atoms with Gasteiger partial charge in [0.1, 0.15) is 0 Å². The molecule has 0 radical (unpaired) electrons. The van der Waals surface area contributed by atoms with E-state index in [2.05, 4.69) is 4.79 Å². The van der Waals surface area contributed by atoms with Crippen LogP contribution in [0.1, 0.15) is 25.8 Å². The van der Waals surface area contributed by atoms with Gasteiger partial charge in [0.05, 0.1) is 13.2 Å². The molecule has 0 atom stereocenters. The number of carbonyl (C=O) groups is 1. The summed E-state index contributed by atoms with van der Waals surface area (Å²) >= 11 is 0. The van der Waals surface area contributed by atoms with Crippen LogP contribution < -0.4 is 4.90 Å². The van der Waals surface area contributed by atoms with Crippen molar-refractivity contribution in [3.63, 3.8) is 0 Å². The third-order valence-corrected chi connectivity index (χ3v) is 5.49. The summed E-state index contributed by atoms with van der Waals surface area (Å²) in [6, 6.07) is 7.48. The van der Waals surface area contributed by atoms with Crippen molar-refractivity contribution in [1.29, 1.82) is 0 Å². The quantitative estimate of drug-likeness (QED) is 0.345. The Hall–Kier alpha value is -1.78. The van der Waals surface area contributed by atoms with Crippen molar-refractivity contribution in [2.75, 3.05) is 24.7 Å². The Morgan fingerprint density at radius 3 is 2.57 bits per heavy atom. The molecule has 1 aliphatic heterocycles. The topological polar surface area (TPSA) is 92.2 Å². The van der Waals surface area contributed by atoms with Gasteiger partial charge in [0.2, 0.25) is 0 Å². The number of benzene rings is 1. The summed E-state index contributed by atoms with van der Waals surface area (Å²) in [4.78, 5) is 17.2. The van der Waals surface area contributed by atoms with E-state index in [-0.39, 0.29) is 13.2 Å². The predicted octanol–water partition coefficient (Wildman–Crippen LogP) is 2.86. The van der Waals surface area contributed by atoms with Crippen LogP contribution in [-0.4, -0.2) is 35.9 Å². The van der Waals surface area contributed by atoms with Crippen molar-refractivity contribution < 1.29 is 23.2 Å². The molecule has 1 aromatic carbocycles. The summed E-state index contributed by atoms with van der Waals surface area (Å²) in [7, 11) is -3.96. The van der Waals surface area contributed by atoms with Crippen molar-refractivity contribution in [2.45, 2.75) is 26.7 Å². The van der Waals surface area contributed by atoms with Gasteiger partial charge in [-0.1, -0.05) is 18.2 Å². The number of aryl methyl sites for hydroxylation is 1. The van der Waals surface area contributed by atoms with Gasteiger partial charge >= 0.3 is 19.0 Å². The largest absolute Gasteiger partial charge is 0.465 e. The predicted molar refractivity (Wildman–Crippen MR) is 86.6 cm³/mol. The van der Waals surface area contributed by atoms with Crippen LogP contribution in [0.3, 0.4) is 0 Å². The summed E-state index contributed by atoms with van der Waals surface area (Å²) in [5.41, 5.74) is 10.4. The zero-order valence-electron chi connectivity index (χ0n) is 13.3. The maximum atomic E-state index is 12.8. The van der Waals surface area contributed by atoms with E-state index in [1.54, 1.807) is 13.8 Å². The van der Waals surface area contributed by atoms with Crippen LogP contribution in [0.15, 0.2) is 24.3 Å². The lowest BCUT2D eigenvalue weighted by Gasteiger charge is -2.28. The van der Waals surface area contributed by atoms with Gasteiger partial charge in [0.15, 0.2) is 0 Å². The molecule has 0 N–H and O–H groups in total. The third kappa shape index (κ3) is 3.59. The van der Waals surface area contributed by atoms with Gasteiger partial charge in [-0.25, -0.2) is 4.57 Å². The van der Waals surface area contributed by atoms with Gasteiger partial charge in [0.25, 0.3) is 0 Å². The van der Waals surface area contributed by atoms with E-state index in [1.807, 2.05) is 24.3 Å². The summed E-state index contributed by atoms with van der Waals surface area (Å²) in [5, 5.41) is 0. The summed E-state index contributed by atoms with van der Waals surface area (Å²) in [6.45, 7) is 3.84. The second-order valence-electron chi connectivity index (χ2n) is 4.95. The lowest BCUT2D eigenvalue weighted by atomic mass is 10.0. The Kier molecular flexibility index (Phi) is 5.85. The average molecular weight is 337 g/mol. The first-order chi connectivity index (χ1) is 11.1. The van der Waals surface area contributed by atoms with Crippen molar-refractivity contribution >= 4 is 24.6 Å². The molecule has 2 rings (SSSR count). The van der Waals surface area contributed by atoms with Gasteiger partial charge in [-0.2, -0.15) is 4.79 Å². The fourth-order valence-corrected chi connectivity index (χ4v) is 4.04. The van der Waals surface area contributed by atoms with E-state index in [1.165, 1.54) is 4.90 Å². The molecule has 1 heterocycles. The maximum absolute atomic E-state index is 12.8. The van der Waals surface area contributed by atoms with Crippen LogP contribution in [0.2, 0.25) is 0 Å². The Morgan fingerprint density at radius 1 is 1.30 bits per heavy atom. The van der Waals surface area contributed by atoms with Crippen LogP contribution in [-0.2, 0) is 24.8 Å². The van der Waals surface area contributed by atoms with Crippen LogP contribution in [0.4, 0.5) is 5.69 Å². The minimum atomic E-state index is -3.96. The zero-order valence-corrected chi connectivity index (χ0v) is 14.2. The average Bonchev–Trinajstić information content (AvgIpc) is 2.55. The first-order valence-corrected chi connectivity index (χ1v) is 9.13. The number of fused-ring (bicyclic) bond motifs is 1. The van der Waals surface area contributed by atoms with Gasteiger partial charge in [-0.05, 0) is 38.3 Å². The molecule has 23 heavy (non-hydrogen) atoms. The van der Waals surface area contributed by atoms with Crippen LogP contribution in [0.5, 0.6) is 0 Å². The molecule has 0 aromatic heterocycles. The van der Waals surface area contributed by atoms with Gasteiger partial charge < -0.3 is 19.5 Å². The highest BCUT2D eigenvalue weighted by atomic mass is 31.2. The molecule has 0 spiro atoms. The molecule has 1 aromatic rings. The van der Waals surface area contributed by atoms with E-state index in [9.17, 15) is 14.9 Å². The SMILES string of the molecule is CCOP(=O)(OCC)C(=[N+]=[N-])C(=O)N1CCCc2ccccc21. The fourth-order valence-electron chi connectivity index (χ4n) is 2.58. The van der Waals surface area contributed by atoms with Gasteiger partial charge in [0, 0.05) is 12.2 Å². The number of carbonyl (C=O) groups excluding carboxylic acids is 1. The molecule has 1 aliphatic rings. The Morgan fingerprint density at radius 2 is 1.96 bits per heavy atom. The van der Waals surface area contributed by atoms with E-state index in [4.69, 9.17) is 9.05 Å². The highest BCUT2D eigenvalue weighted by Gasteiger charge is 2.48. The molecular formula is C15H20N3O4P. The molecule has 0 saturated carbocycles. The highest BCUT2D eigenvalue weighted by molar-refractivity contribution is 7.74. The number of rotatable bonds is 6. The smallest absolute Gasteiger partial charge is 0.360 e. The Bertz CT molecular complexity index is 675. The summed E-state index contributed by atoms with van der Waals surface area (Å²) in [5.74, 6) is -0.662. The molecule has 0 unspecified atom stereocenters. The van der Waals surface area contributed by atoms with E-state index >= 15 is 0 Å². The number of amides is 1. The minimum Gasteiger partial charge on any atom is -0.360 e. The van der Waals surface area contributed by atoms with Crippen LogP contribution >= 0.6 is 7.60 Å². The second-order valence-corrected chi connectivity index (χ2v) is 6.88. The molecule has 0 fully saturated rings. The van der Waals surface area contributed by atoms with Crippen LogP contribution in [0, 0.1) is 0 Å². The minimum absolute atomic E-state index is 0.0696. The molecule has 7 nitrogen and oxygen atoms in total. The van der Waals surface area contributed by atoms with Crippen LogP contribution in [0.25, 0.3) is 5.53 Å².